The van der Waals surface area contributed by atoms with Crippen LogP contribution in [-0.2, 0) is 0 Å². The van der Waals surface area contributed by atoms with Crippen molar-refractivity contribution < 1.29 is 13.2 Å². The molecular weight excluding hydrogens is 307 g/mol. The van der Waals surface area contributed by atoms with Gasteiger partial charge in [-0.3, -0.25) is 0 Å². The van der Waals surface area contributed by atoms with E-state index in [1.807, 2.05) is 4.90 Å². The fraction of sp³-hybridized carbons (Fsp3) is 0.750. The minimum Gasteiger partial charge on any atom is -0.351 e. The molecule has 21 heavy (non-hydrogen) atoms. The van der Waals surface area contributed by atoms with Crippen molar-refractivity contribution in [1.29, 1.82) is 0 Å². The van der Waals surface area contributed by atoms with E-state index >= 15 is 0 Å². The largest absolute Gasteiger partial charge is 0.391 e. The first-order valence-electron chi connectivity index (χ1n) is 6.83. The second kappa shape index (κ2) is 6.64. The highest BCUT2D eigenvalue weighted by atomic mass is 35.5. The maximum absolute atomic E-state index is 12.3. The van der Waals surface area contributed by atoms with Crippen LogP contribution in [0.3, 0.4) is 0 Å². The summed E-state index contributed by atoms with van der Waals surface area (Å²) in [6.45, 7) is 3.06. The predicted molar refractivity (Wildman–Crippen MR) is 74.7 cm³/mol. The number of anilines is 2. The zero-order valence-corrected chi connectivity index (χ0v) is 12.4. The molecule has 0 aromatic carbocycles. The number of hydrogen-bond donors (Lipinski definition) is 1. The van der Waals surface area contributed by atoms with Gasteiger partial charge < -0.3 is 10.2 Å². The maximum Gasteiger partial charge on any atom is 0.391 e. The van der Waals surface area contributed by atoms with Crippen molar-refractivity contribution in [3.05, 3.63) is 5.28 Å². The molecule has 0 bridgehead atoms. The van der Waals surface area contributed by atoms with Gasteiger partial charge in [-0.05, 0) is 37.8 Å². The molecule has 0 amide bonds. The van der Waals surface area contributed by atoms with Gasteiger partial charge in [0.2, 0.25) is 17.2 Å². The first kappa shape index (κ1) is 16.1. The number of rotatable bonds is 4. The minimum atomic E-state index is -4.24. The summed E-state index contributed by atoms with van der Waals surface area (Å²) in [6.07, 6.45) is -1.97. The van der Waals surface area contributed by atoms with E-state index in [1.165, 1.54) is 6.92 Å². The van der Waals surface area contributed by atoms with Gasteiger partial charge in [-0.2, -0.15) is 28.1 Å². The van der Waals surface area contributed by atoms with E-state index in [9.17, 15) is 13.2 Å². The van der Waals surface area contributed by atoms with Crippen LogP contribution in [0, 0.1) is 0 Å². The van der Waals surface area contributed by atoms with E-state index in [1.54, 1.807) is 0 Å². The third-order valence-corrected chi connectivity index (χ3v) is 3.32. The van der Waals surface area contributed by atoms with Crippen molar-refractivity contribution in [2.75, 3.05) is 23.3 Å². The van der Waals surface area contributed by atoms with E-state index in [0.29, 0.717) is 5.95 Å². The quantitative estimate of drug-likeness (QED) is 0.921. The lowest BCUT2D eigenvalue weighted by Crippen LogP contribution is -2.32. The molecule has 1 aromatic rings. The van der Waals surface area contributed by atoms with Crippen molar-refractivity contribution in [2.24, 2.45) is 0 Å². The summed E-state index contributed by atoms with van der Waals surface area (Å²) >= 11 is 5.83. The number of hydrogen-bond acceptors (Lipinski definition) is 5. The topological polar surface area (TPSA) is 53.9 Å². The summed E-state index contributed by atoms with van der Waals surface area (Å²) in [5, 5.41) is 2.60. The summed E-state index contributed by atoms with van der Waals surface area (Å²) in [6, 6.07) is -0.835. The lowest BCUT2D eigenvalue weighted by atomic mass is 10.1. The molecule has 118 valence electrons. The Morgan fingerprint density at radius 3 is 2.48 bits per heavy atom. The SMILES string of the molecule is CC(CC(F)(F)F)Nc1nc(Cl)nc(N2CCCCC2)n1. The van der Waals surface area contributed by atoms with Crippen LogP contribution < -0.4 is 10.2 Å². The maximum atomic E-state index is 12.3. The summed E-state index contributed by atoms with van der Waals surface area (Å²) in [4.78, 5) is 14.0. The Hall–Kier alpha value is -1.31. The normalized spacial score (nSPS) is 17.7. The van der Waals surface area contributed by atoms with Gasteiger partial charge in [-0.1, -0.05) is 0 Å². The average Bonchev–Trinajstić information content (AvgIpc) is 2.36. The molecular formula is C12H17ClF3N5. The lowest BCUT2D eigenvalue weighted by molar-refractivity contribution is -0.136. The molecule has 2 rings (SSSR count). The monoisotopic (exact) mass is 323 g/mol. The third kappa shape index (κ3) is 5.18. The Labute approximate surface area is 125 Å². The zero-order valence-electron chi connectivity index (χ0n) is 11.6. The van der Waals surface area contributed by atoms with Gasteiger partial charge in [0.05, 0.1) is 6.42 Å². The molecule has 5 nitrogen and oxygen atoms in total. The Morgan fingerprint density at radius 1 is 1.19 bits per heavy atom. The average molecular weight is 324 g/mol. The molecule has 1 unspecified atom stereocenters. The molecule has 1 N–H and O–H groups in total. The van der Waals surface area contributed by atoms with Crippen molar-refractivity contribution >= 4 is 23.5 Å². The molecule has 1 atom stereocenters. The Balaban J connectivity index is 2.07. The molecule has 2 heterocycles. The lowest BCUT2D eigenvalue weighted by Gasteiger charge is -2.27. The van der Waals surface area contributed by atoms with Crippen LogP contribution in [0.15, 0.2) is 0 Å². The van der Waals surface area contributed by atoms with Crippen molar-refractivity contribution in [3.8, 4) is 0 Å². The minimum absolute atomic E-state index is 0.0210. The highest BCUT2D eigenvalue weighted by Crippen LogP contribution is 2.23. The number of piperidine rings is 1. The first-order valence-corrected chi connectivity index (χ1v) is 7.21. The van der Waals surface area contributed by atoms with E-state index in [-0.39, 0.29) is 11.2 Å². The van der Waals surface area contributed by atoms with Gasteiger partial charge >= 0.3 is 6.18 Å². The Kier molecular flexibility index (Phi) is 5.08. The van der Waals surface area contributed by atoms with Crippen LogP contribution in [0.5, 0.6) is 0 Å². The molecule has 0 radical (unpaired) electrons. The fourth-order valence-corrected chi connectivity index (χ4v) is 2.41. The Morgan fingerprint density at radius 2 is 1.86 bits per heavy atom. The van der Waals surface area contributed by atoms with Crippen molar-refractivity contribution in [2.45, 2.75) is 44.8 Å². The van der Waals surface area contributed by atoms with E-state index < -0.39 is 18.6 Å². The highest BCUT2D eigenvalue weighted by Gasteiger charge is 2.30. The van der Waals surface area contributed by atoms with Crippen molar-refractivity contribution in [3.63, 3.8) is 0 Å². The van der Waals surface area contributed by atoms with E-state index in [2.05, 4.69) is 20.3 Å². The second-order valence-corrected chi connectivity index (χ2v) is 5.48. The molecule has 1 aliphatic heterocycles. The number of aromatic nitrogens is 3. The predicted octanol–water partition coefficient (Wildman–Crippen LogP) is 3.27. The molecule has 1 saturated heterocycles. The van der Waals surface area contributed by atoms with Crippen LogP contribution >= 0.6 is 11.6 Å². The molecule has 9 heteroatoms. The van der Waals surface area contributed by atoms with Gasteiger partial charge in [-0.25, -0.2) is 0 Å². The zero-order chi connectivity index (χ0) is 15.5. The fourth-order valence-electron chi connectivity index (χ4n) is 2.26. The van der Waals surface area contributed by atoms with Crippen LogP contribution in [0.4, 0.5) is 25.1 Å². The molecule has 1 fully saturated rings. The van der Waals surface area contributed by atoms with Gasteiger partial charge in [-0.15, -0.1) is 0 Å². The number of alkyl halides is 3. The first-order chi connectivity index (χ1) is 9.83. The van der Waals surface area contributed by atoms with Gasteiger partial charge in [0.15, 0.2) is 0 Å². The molecule has 1 aliphatic rings. The van der Waals surface area contributed by atoms with Gasteiger partial charge in [0.1, 0.15) is 0 Å². The summed E-state index contributed by atoms with van der Waals surface area (Å²) in [5.74, 6) is 0.490. The van der Waals surface area contributed by atoms with Crippen LogP contribution in [-0.4, -0.2) is 40.3 Å². The molecule has 0 spiro atoms. The summed E-state index contributed by atoms with van der Waals surface area (Å²) in [7, 11) is 0. The van der Waals surface area contributed by atoms with Gasteiger partial charge in [0.25, 0.3) is 0 Å². The standard InChI is InChI=1S/C12H17ClF3N5/c1-8(7-12(14,15)16)17-10-18-9(13)19-11(20-10)21-5-3-2-4-6-21/h8H,2-7H2,1H3,(H,17,18,19,20). The van der Waals surface area contributed by atoms with Crippen LogP contribution in [0.25, 0.3) is 0 Å². The van der Waals surface area contributed by atoms with Crippen molar-refractivity contribution in [1.82, 2.24) is 15.0 Å². The summed E-state index contributed by atoms with van der Waals surface area (Å²) < 4.78 is 37.0. The number of nitrogens with one attached hydrogen (secondary N) is 1. The summed E-state index contributed by atoms with van der Waals surface area (Å²) in [5.41, 5.74) is 0. The van der Waals surface area contributed by atoms with Gasteiger partial charge in [0, 0.05) is 19.1 Å². The molecule has 0 aliphatic carbocycles. The third-order valence-electron chi connectivity index (χ3n) is 3.15. The smallest absolute Gasteiger partial charge is 0.351 e. The second-order valence-electron chi connectivity index (χ2n) is 5.14. The Bertz CT molecular complexity index is 476. The van der Waals surface area contributed by atoms with Crippen LogP contribution in [0.2, 0.25) is 5.28 Å². The van der Waals surface area contributed by atoms with E-state index in [0.717, 1.165) is 32.4 Å². The highest BCUT2D eigenvalue weighted by molar-refractivity contribution is 6.28. The van der Waals surface area contributed by atoms with Crippen LogP contribution in [0.1, 0.15) is 32.6 Å². The molecule has 0 saturated carbocycles. The number of nitrogens with zero attached hydrogens (tertiary/aromatic N) is 4. The number of halogens is 4. The van der Waals surface area contributed by atoms with E-state index in [4.69, 9.17) is 11.6 Å². The molecule has 1 aromatic heterocycles.